The molecule has 1 aliphatic carbocycles. The van der Waals surface area contributed by atoms with E-state index in [0.29, 0.717) is 33.5 Å². The molecule has 3 heterocycles. The smallest absolute Gasteiger partial charge is 0.296 e. The Morgan fingerprint density at radius 2 is 1.94 bits per heavy atom. The molecule has 1 amide bonds. The molecule has 0 spiro atoms. The summed E-state index contributed by atoms with van der Waals surface area (Å²) in [6, 6.07) is 6.71. The minimum atomic E-state index is -0.617. The van der Waals surface area contributed by atoms with E-state index in [4.69, 9.17) is 16.3 Å². The van der Waals surface area contributed by atoms with Crippen molar-refractivity contribution in [1.29, 1.82) is 0 Å². The topological polar surface area (TPSA) is 72.4 Å². The molecule has 33 heavy (non-hydrogen) atoms. The van der Waals surface area contributed by atoms with Gasteiger partial charge < -0.3 is 4.74 Å². The molecule has 0 radical (unpaired) electrons. The molecule has 5 atom stereocenters. The van der Waals surface area contributed by atoms with Gasteiger partial charge >= 0.3 is 0 Å². The van der Waals surface area contributed by atoms with Crippen molar-refractivity contribution in [2.75, 3.05) is 4.90 Å². The summed E-state index contributed by atoms with van der Waals surface area (Å²) < 4.78 is 6.31. The van der Waals surface area contributed by atoms with E-state index in [2.05, 4.69) is 37.9 Å². The van der Waals surface area contributed by atoms with Crippen LogP contribution < -0.4 is 4.90 Å². The highest BCUT2D eigenvalue weighted by atomic mass is 35.5. The molecule has 3 aliphatic rings. The van der Waals surface area contributed by atoms with Crippen LogP contribution in [0, 0.1) is 23.7 Å². The van der Waals surface area contributed by atoms with Crippen molar-refractivity contribution in [3.8, 4) is 0 Å². The van der Waals surface area contributed by atoms with Gasteiger partial charge in [0.2, 0.25) is 5.13 Å². The van der Waals surface area contributed by atoms with Crippen molar-refractivity contribution < 1.29 is 14.3 Å². The van der Waals surface area contributed by atoms with Crippen molar-refractivity contribution in [1.82, 2.24) is 10.2 Å². The SMILES string of the molecule is CC(C)Cc1nnc(N2C(=O)C3=C(C(=O)C4CC(C)C(C)CC4O3)C2c2cccc(Cl)c2)s1. The zero-order valence-corrected chi connectivity index (χ0v) is 20.8. The Hall–Kier alpha value is -2.25. The van der Waals surface area contributed by atoms with Crippen LogP contribution in [0.1, 0.15) is 57.1 Å². The molecule has 0 bridgehead atoms. The molecule has 1 fully saturated rings. The zero-order chi connectivity index (χ0) is 23.4. The Labute approximate surface area is 203 Å². The van der Waals surface area contributed by atoms with Gasteiger partial charge in [0.15, 0.2) is 11.5 Å². The van der Waals surface area contributed by atoms with Crippen LogP contribution in [0.25, 0.3) is 0 Å². The number of ether oxygens (including phenoxy) is 1. The molecule has 174 valence electrons. The molecule has 5 rings (SSSR count). The summed E-state index contributed by atoms with van der Waals surface area (Å²) in [4.78, 5) is 29.1. The summed E-state index contributed by atoms with van der Waals surface area (Å²) >= 11 is 7.71. The van der Waals surface area contributed by atoms with Gasteiger partial charge in [0.25, 0.3) is 5.91 Å². The van der Waals surface area contributed by atoms with Gasteiger partial charge in [-0.3, -0.25) is 14.5 Å². The van der Waals surface area contributed by atoms with E-state index in [1.54, 1.807) is 11.0 Å². The molecular weight excluding hydrogens is 458 g/mol. The lowest BCUT2D eigenvalue weighted by molar-refractivity contribution is -0.134. The first-order valence-electron chi connectivity index (χ1n) is 11.6. The molecule has 0 N–H and O–H groups in total. The number of rotatable bonds is 4. The summed E-state index contributed by atoms with van der Waals surface area (Å²) in [6.45, 7) is 8.62. The van der Waals surface area contributed by atoms with E-state index in [9.17, 15) is 9.59 Å². The van der Waals surface area contributed by atoms with E-state index in [1.807, 2.05) is 18.2 Å². The van der Waals surface area contributed by atoms with E-state index < -0.39 is 6.04 Å². The van der Waals surface area contributed by atoms with Gasteiger partial charge in [-0.05, 0) is 48.3 Å². The third-order valence-corrected chi connectivity index (χ3v) is 8.30. The number of Topliss-reactive ketones (excluding diaryl/α,β-unsaturated/α-hetero) is 1. The molecule has 0 saturated heterocycles. The van der Waals surface area contributed by atoms with E-state index in [0.717, 1.165) is 29.8 Å². The van der Waals surface area contributed by atoms with Gasteiger partial charge in [-0.15, -0.1) is 10.2 Å². The fourth-order valence-electron chi connectivity index (χ4n) is 5.22. The van der Waals surface area contributed by atoms with Crippen LogP contribution >= 0.6 is 22.9 Å². The average Bonchev–Trinajstić information content (AvgIpc) is 3.31. The van der Waals surface area contributed by atoms with Crippen molar-refractivity contribution in [2.24, 2.45) is 23.7 Å². The maximum absolute atomic E-state index is 13.9. The second kappa shape index (κ2) is 8.51. The summed E-state index contributed by atoms with van der Waals surface area (Å²) in [6.07, 6.45) is 2.08. The first-order valence-corrected chi connectivity index (χ1v) is 12.8. The van der Waals surface area contributed by atoms with Crippen LogP contribution in [-0.2, 0) is 20.7 Å². The Kier molecular flexibility index (Phi) is 5.81. The number of ketones is 1. The number of hydrogen-bond acceptors (Lipinski definition) is 6. The Balaban J connectivity index is 1.60. The third kappa shape index (κ3) is 3.89. The van der Waals surface area contributed by atoms with E-state index in [1.165, 1.54) is 11.3 Å². The Bertz CT molecular complexity index is 1140. The van der Waals surface area contributed by atoms with Crippen LogP contribution in [0.4, 0.5) is 5.13 Å². The molecule has 8 heteroatoms. The second-order valence-corrected chi connectivity index (χ2v) is 11.5. The van der Waals surface area contributed by atoms with Crippen LogP contribution in [0.3, 0.4) is 0 Å². The fourth-order valence-corrected chi connectivity index (χ4v) is 6.50. The predicted octanol–water partition coefficient (Wildman–Crippen LogP) is 5.38. The molecule has 2 aromatic rings. The average molecular weight is 486 g/mol. The highest BCUT2D eigenvalue weighted by Gasteiger charge is 2.54. The second-order valence-electron chi connectivity index (χ2n) is 10.0. The first kappa shape index (κ1) is 22.5. The lowest BCUT2D eigenvalue weighted by Crippen LogP contribution is -2.43. The lowest BCUT2D eigenvalue weighted by atomic mass is 9.70. The van der Waals surface area contributed by atoms with Crippen molar-refractivity contribution in [2.45, 2.75) is 59.1 Å². The van der Waals surface area contributed by atoms with Crippen molar-refractivity contribution >= 4 is 39.8 Å². The minimum Gasteiger partial charge on any atom is -0.483 e. The van der Waals surface area contributed by atoms with E-state index >= 15 is 0 Å². The maximum Gasteiger partial charge on any atom is 0.296 e. The first-order chi connectivity index (χ1) is 15.7. The number of halogens is 1. The number of carbonyl (C=O) groups is 2. The van der Waals surface area contributed by atoms with Crippen LogP contribution in [0.2, 0.25) is 5.02 Å². The third-order valence-electron chi connectivity index (χ3n) is 7.12. The number of fused-ring (bicyclic) bond motifs is 1. The van der Waals surface area contributed by atoms with Gasteiger partial charge in [-0.1, -0.05) is 62.8 Å². The fraction of sp³-hybridized carbons (Fsp3) is 0.520. The monoisotopic (exact) mass is 485 g/mol. The summed E-state index contributed by atoms with van der Waals surface area (Å²) in [5.74, 6) is 0.948. The molecule has 1 saturated carbocycles. The summed E-state index contributed by atoms with van der Waals surface area (Å²) in [5, 5.41) is 10.6. The molecular formula is C25H28ClN3O3S. The quantitative estimate of drug-likeness (QED) is 0.581. The van der Waals surface area contributed by atoms with Crippen LogP contribution in [0.5, 0.6) is 0 Å². The highest BCUT2D eigenvalue weighted by Crippen LogP contribution is 2.50. The van der Waals surface area contributed by atoms with Gasteiger partial charge in [0.05, 0.1) is 17.5 Å². The normalized spacial score (nSPS) is 29.4. The number of nitrogens with zero attached hydrogens (tertiary/aromatic N) is 3. The van der Waals surface area contributed by atoms with Gasteiger partial charge in [0.1, 0.15) is 11.1 Å². The maximum atomic E-state index is 13.9. The minimum absolute atomic E-state index is 0.0211. The number of anilines is 1. The number of amides is 1. The van der Waals surface area contributed by atoms with Crippen molar-refractivity contribution in [3.63, 3.8) is 0 Å². The van der Waals surface area contributed by atoms with Crippen molar-refractivity contribution in [3.05, 3.63) is 51.2 Å². The number of benzene rings is 1. The largest absolute Gasteiger partial charge is 0.483 e. The zero-order valence-electron chi connectivity index (χ0n) is 19.2. The molecule has 1 aromatic carbocycles. The number of aromatic nitrogens is 2. The predicted molar refractivity (Wildman–Crippen MR) is 128 cm³/mol. The van der Waals surface area contributed by atoms with Gasteiger partial charge in [-0.2, -0.15) is 0 Å². The summed E-state index contributed by atoms with van der Waals surface area (Å²) in [7, 11) is 0. The van der Waals surface area contributed by atoms with E-state index in [-0.39, 0.29) is 29.5 Å². The molecule has 1 aromatic heterocycles. The number of carbonyl (C=O) groups excluding carboxylic acids is 2. The molecule has 2 aliphatic heterocycles. The molecule has 5 unspecified atom stereocenters. The van der Waals surface area contributed by atoms with Gasteiger partial charge in [-0.25, -0.2) is 0 Å². The Morgan fingerprint density at radius 3 is 2.67 bits per heavy atom. The standard InChI is InChI=1S/C25H28ClN3O3S/c1-12(2)8-19-27-28-25(33-19)29-21(15-6-5-7-16(26)11-15)20-22(30)17-9-13(3)14(4)10-18(17)32-23(20)24(29)31/h5-7,11-14,17-18,21H,8-10H2,1-4H3. The Morgan fingerprint density at radius 1 is 1.18 bits per heavy atom. The van der Waals surface area contributed by atoms with Crippen LogP contribution in [0.15, 0.2) is 35.6 Å². The highest BCUT2D eigenvalue weighted by molar-refractivity contribution is 7.15. The van der Waals surface area contributed by atoms with Gasteiger partial charge in [0, 0.05) is 11.4 Å². The molecule has 6 nitrogen and oxygen atoms in total. The summed E-state index contributed by atoms with van der Waals surface area (Å²) in [5.41, 5.74) is 1.21. The van der Waals surface area contributed by atoms with Crippen LogP contribution in [-0.4, -0.2) is 28.0 Å². The lowest BCUT2D eigenvalue weighted by Gasteiger charge is -2.40. The number of hydrogen-bond donors (Lipinski definition) is 0.